The maximum absolute atomic E-state index is 11.6. The van der Waals surface area contributed by atoms with Gasteiger partial charge in [0, 0.05) is 26.4 Å². The number of carbonyl (C=O) groups excluding carboxylic acids is 3. The lowest BCUT2D eigenvalue weighted by Gasteiger charge is -2.19. The molecule has 26 heavy (non-hydrogen) atoms. The minimum Gasteiger partial charge on any atom is -0.480 e. The molecule has 0 heterocycles. The zero-order valence-electron chi connectivity index (χ0n) is 16.0. The molecule has 2 N–H and O–H groups in total. The van der Waals surface area contributed by atoms with Crippen molar-refractivity contribution in [3.8, 4) is 0 Å². The molecule has 0 aliphatic rings. The Bertz CT molecular complexity index is 486. The Morgan fingerprint density at radius 1 is 1.04 bits per heavy atom. The lowest BCUT2D eigenvalue weighted by Crippen LogP contribution is -2.33. The van der Waals surface area contributed by atoms with Crippen LogP contribution in [-0.2, 0) is 23.9 Å². The highest BCUT2D eigenvalue weighted by Gasteiger charge is 2.15. The van der Waals surface area contributed by atoms with Crippen molar-refractivity contribution in [2.75, 3.05) is 26.7 Å². The summed E-state index contributed by atoms with van der Waals surface area (Å²) in [5, 5.41) is 11.2. The van der Waals surface area contributed by atoms with Gasteiger partial charge in [0.1, 0.15) is 12.1 Å². The second-order valence-electron chi connectivity index (χ2n) is 6.85. The fraction of sp³-hybridized carbons (Fsp3) is 0.765. The van der Waals surface area contributed by atoms with Gasteiger partial charge in [0.05, 0.1) is 6.61 Å². The van der Waals surface area contributed by atoms with Crippen molar-refractivity contribution in [2.45, 2.75) is 58.5 Å². The first kappa shape index (κ1) is 23.7. The molecule has 0 rings (SSSR count). The van der Waals surface area contributed by atoms with Crippen molar-refractivity contribution in [1.29, 1.82) is 0 Å². The standard InChI is InChI=1S/C17H30N2O7/c1-17(2,3)26-16(24)18-10-5-6-11-25-15(23)9-7-8-13(20)19(4)12-14(21)22/h5-12H2,1-4H3,(H,18,24)(H,21,22). The molecule has 0 saturated carbocycles. The molecular weight excluding hydrogens is 344 g/mol. The lowest BCUT2D eigenvalue weighted by atomic mass is 10.2. The topological polar surface area (TPSA) is 122 Å². The molecule has 0 atom stereocenters. The quantitative estimate of drug-likeness (QED) is 0.415. The van der Waals surface area contributed by atoms with Crippen LogP contribution in [0.2, 0.25) is 0 Å². The summed E-state index contributed by atoms with van der Waals surface area (Å²) in [4.78, 5) is 46.1. The van der Waals surface area contributed by atoms with Crippen LogP contribution in [0.3, 0.4) is 0 Å². The lowest BCUT2D eigenvalue weighted by molar-refractivity contribution is -0.145. The first-order chi connectivity index (χ1) is 12.0. The molecule has 0 unspecified atom stereocenters. The van der Waals surface area contributed by atoms with E-state index in [4.69, 9.17) is 14.6 Å². The summed E-state index contributed by atoms with van der Waals surface area (Å²) in [6.45, 7) is 5.65. The zero-order valence-corrected chi connectivity index (χ0v) is 16.0. The van der Waals surface area contributed by atoms with Gasteiger partial charge in [-0.15, -0.1) is 0 Å². The van der Waals surface area contributed by atoms with Gasteiger partial charge in [-0.3, -0.25) is 14.4 Å². The summed E-state index contributed by atoms with van der Waals surface area (Å²) in [6, 6.07) is 0. The zero-order chi connectivity index (χ0) is 20.2. The molecule has 0 aromatic heterocycles. The van der Waals surface area contributed by atoms with Crippen LogP contribution < -0.4 is 5.32 Å². The Balaban J connectivity index is 3.65. The molecule has 9 heteroatoms. The summed E-state index contributed by atoms with van der Waals surface area (Å²) in [6.07, 6.45) is 1.27. The average Bonchev–Trinajstić information content (AvgIpc) is 2.48. The van der Waals surface area contributed by atoms with Crippen molar-refractivity contribution >= 4 is 23.9 Å². The third-order valence-corrected chi connectivity index (χ3v) is 3.07. The number of ether oxygens (including phenoxy) is 2. The van der Waals surface area contributed by atoms with Crippen LogP contribution in [0.15, 0.2) is 0 Å². The molecule has 0 aliphatic carbocycles. The monoisotopic (exact) mass is 374 g/mol. The van der Waals surface area contributed by atoms with E-state index in [2.05, 4.69) is 5.32 Å². The van der Waals surface area contributed by atoms with Gasteiger partial charge in [-0.1, -0.05) is 0 Å². The average molecular weight is 374 g/mol. The normalized spacial score (nSPS) is 10.8. The SMILES string of the molecule is CN(CC(=O)O)C(=O)CCCC(=O)OCCCCNC(=O)OC(C)(C)C. The summed E-state index contributed by atoms with van der Waals surface area (Å²) < 4.78 is 10.1. The van der Waals surface area contributed by atoms with Gasteiger partial charge >= 0.3 is 18.0 Å². The molecule has 0 radical (unpaired) electrons. The van der Waals surface area contributed by atoms with Gasteiger partial charge in [0.2, 0.25) is 5.91 Å². The fourth-order valence-corrected chi connectivity index (χ4v) is 1.86. The van der Waals surface area contributed by atoms with Crippen molar-refractivity contribution in [2.24, 2.45) is 0 Å². The van der Waals surface area contributed by atoms with Crippen LogP contribution in [-0.4, -0.2) is 66.3 Å². The summed E-state index contributed by atoms with van der Waals surface area (Å²) >= 11 is 0. The van der Waals surface area contributed by atoms with E-state index in [1.54, 1.807) is 20.8 Å². The number of hydrogen-bond acceptors (Lipinski definition) is 6. The Morgan fingerprint density at radius 2 is 1.69 bits per heavy atom. The third-order valence-electron chi connectivity index (χ3n) is 3.07. The second-order valence-corrected chi connectivity index (χ2v) is 6.85. The number of nitrogens with zero attached hydrogens (tertiary/aromatic N) is 1. The summed E-state index contributed by atoms with van der Waals surface area (Å²) in [5.74, 6) is -1.81. The van der Waals surface area contributed by atoms with E-state index in [0.29, 0.717) is 25.8 Å². The molecule has 0 spiro atoms. The highest BCUT2D eigenvalue weighted by molar-refractivity contribution is 5.81. The van der Waals surface area contributed by atoms with E-state index in [9.17, 15) is 19.2 Å². The number of likely N-dealkylation sites (N-methyl/N-ethyl adjacent to an activating group) is 1. The molecule has 0 bridgehead atoms. The van der Waals surface area contributed by atoms with E-state index < -0.39 is 23.6 Å². The maximum Gasteiger partial charge on any atom is 0.407 e. The third kappa shape index (κ3) is 14.1. The van der Waals surface area contributed by atoms with E-state index in [1.165, 1.54) is 7.05 Å². The minimum atomic E-state index is -1.08. The molecule has 150 valence electrons. The van der Waals surface area contributed by atoms with Crippen molar-refractivity contribution in [3.05, 3.63) is 0 Å². The second kappa shape index (κ2) is 12.1. The number of nitrogens with one attached hydrogen (secondary N) is 1. The number of carboxylic acid groups (broad SMARTS) is 1. The molecule has 2 amide bonds. The fourth-order valence-electron chi connectivity index (χ4n) is 1.86. The number of esters is 1. The number of amides is 2. The van der Waals surface area contributed by atoms with Crippen molar-refractivity contribution in [1.82, 2.24) is 10.2 Å². The van der Waals surface area contributed by atoms with Crippen LogP contribution in [0, 0.1) is 0 Å². The van der Waals surface area contributed by atoms with Crippen LogP contribution >= 0.6 is 0 Å². The molecular formula is C17H30N2O7. The first-order valence-corrected chi connectivity index (χ1v) is 8.59. The Kier molecular flexibility index (Phi) is 11.0. The van der Waals surface area contributed by atoms with Gasteiger partial charge in [0.15, 0.2) is 0 Å². The number of rotatable bonds is 11. The Morgan fingerprint density at radius 3 is 2.27 bits per heavy atom. The largest absolute Gasteiger partial charge is 0.480 e. The molecule has 0 aromatic carbocycles. The summed E-state index contributed by atoms with van der Waals surface area (Å²) in [5.41, 5.74) is -0.538. The Labute approximate surface area is 154 Å². The first-order valence-electron chi connectivity index (χ1n) is 8.59. The van der Waals surface area contributed by atoms with Crippen LogP contribution in [0.5, 0.6) is 0 Å². The minimum absolute atomic E-state index is 0.0959. The van der Waals surface area contributed by atoms with E-state index >= 15 is 0 Å². The molecule has 0 saturated heterocycles. The van der Waals surface area contributed by atoms with E-state index in [-0.39, 0.29) is 31.9 Å². The van der Waals surface area contributed by atoms with Gasteiger partial charge in [-0.05, 0) is 40.0 Å². The molecule has 9 nitrogen and oxygen atoms in total. The number of carboxylic acids is 1. The molecule has 0 fully saturated rings. The maximum atomic E-state index is 11.6. The van der Waals surface area contributed by atoms with Gasteiger partial charge < -0.3 is 24.8 Å². The number of unbranched alkanes of at least 4 members (excludes halogenated alkanes) is 1. The van der Waals surface area contributed by atoms with Gasteiger partial charge in [-0.2, -0.15) is 0 Å². The van der Waals surface area contributed by atoms with Crippen molar-refractivity contribution < 1.29 is 33.8 Å². The predicted molar refractivity (Wildman–Crippen MR) is 93.6 cm³/mol. The predicted octanol–water partition coefficient (Wildman–Crippen LogP) is 1.55. The highest BCUT2D eigenvalue weighted by Crippen LogP contribution is 2.06. The van der Waals surface area contributed by atoms with Gasteiger partial charge in [-0.25, -0.2) is 4.79 Å². The summed E-state index contributed by atoms with van der Waals surface area (Å²) in [7, 11) is 1.40. The number of alkyl carbamates (subject to hydrolysis) is 1. The smallest absolute Gasteiger partial charge is 0.407 e. The van der Waals surface area contributed by atoms with E-state index in [0.717, 1.165) is 4.90 Å². The highest BCUT2D eigenvalue weighted by atomic mass is 16.6. The Hall–Kier alpha value is -2.32. The number of carbonyl (C=O) groups is 4. The molecule has 0 aromatic rings. The number of aliphatic carboxylic acids is 1. The van der Waals surface area contributed by atoms with Crippen molar-refractivity contribution in [3.63, 3.8) is 0 Å². The van der Waals surface area contributed by atoms with Gasteiger partial charge in [0.25, 0.3) is 0 Å². The van der Waals surface area contributed by atoms with E-state index in [1.807, 2.05) is 0 Å². The number of hydrogen-bond donors (Lipinski definition) is 2. The van der Waals surface area contributed by atoms with Crippen LogP contribution in [0.25, 0.3) is 0 Å². The van der Waals surface area contributed by atoms with Crippen LogP contribution in [0.4, 0.5) is 4.79 Å². The van der Waals surface area contributed by atoms with Crippen LogP contribution in [0.1, 0.15) is 52.9 Å². The molecule has 0 aliphatic heterocycles.